The van der Waals surface area contributed by atoms with E-state index in [0.717, 1.165) is 49.3 Å². The lowest BCUT2D eigenvalue weighted by atomic mass is 9.90. The molecule has 6 amide bonds. The highest BCUT2D eigenvalue weighted by molar-refractivity contribution is 6.31. The first-order valence-electron chi connectivity index (χ1n) is 25.2. The highest BCUT2D eigenvalue weighted by Crippen LogP contribution is 2.37. The van der Waals surface area contributed by atoms with Gasteiger partial charge >= 0.3 is 12.1 Å². The Kier molecular flexibility index (Phi) is 20.7. The number of likely N-dealkylation sites (tertiary alicyclic amines) is 1. The van der Waals surface area contributed by atoms with Gasteiger partial charge in [0.2, 0.25) is 35.4 Å². The van der Waals surface area contributed by atoms with Gasteiger partial charge in [0, 0.05) is 33.7 Å². The Morgan fingerprint density at radius 1 is 0.887 bits per heavy atom. The zero-order valence-electron chi connectivity index (χ0n) is 42.1. The summed E-state index contributed by atoms with van der Waals surface area (Å²) < 4.78 is 45.6. The number of rotatable bonds is 23. The molecule has 0 radical (unpaired) electrons. The van der Waals surface area contributed by atoms with Gasteiger partial charge in [-0.05, 0) is 114 Å². The van der Waals surface area contributed by atoms with Crippen LogP contribution in [0.3, 0.4) is 0 Å². The van der Waals surface area contributed by atoms with E-state index in [-0.39, 0.29) is 63.0 Å². The Hall–Kier alpha value is -5.23. The van der Waals surface area contributed by atoms with Crippen molar-refractivity contribution in [3.63, 3.8) is 0 Å². The summed E-state index contributed by atoms with van der Waals surface area (Å²) >= 11 is 6.07. The number of hydrogen-bond acceptors (Lipinski definition) is 9. The van der Waals surface area contributed by atoms with Crippen molar-refractivity contribution in [1.29, 1.82) is 0 Å². The summed E-state index contributed by atoms with van der Waals surface area (Å²) in [7, 11) is 4.45. The molecule has 1 heterocycles. The van der Waals surface area contributed by atoms with Crippen LogP contribution in [-0.2, 0) is 57.3 Å². The molecule has 4 atom stereocenters. The van der Waals surface area contributed by atoms with Crippen molar-refractivity contribution < 1.29 is 51.5 Å². The van der Waals surface area contributed by atoms with Crippen LogP contribution < -0.4 is 16.0 Å². The summed E-state index contributed by atoms with van der Waals surface area (Å²) in [6.45, 7) is 6.30. The van der Waals surface area contributed by atoms with E-state index >= 15 is 0 Å². The fourth-order valence-corrected chi connectivity index (χ4v) is 10.6. The molecule has 0 bridgehead atoms. The Morgan fingerprint density at radius 2 is 1.55 bits per heavy atom. The lowest BCUT2D eigenvalue weighted by Gasteiger charge is -2.40. The molecule has 1 saturated heterocycles. The molecule has 0 spiro atoms. The Morgan fingerprint density at radius 3 is 2.15 bits per heavy atom. The van der Waals surface area contributed by atoms with Crippen LogP contribution in [0.1, 0.15) is 120 Å². The maximum Gasteiger partial charge on any atom is 0.417 e. The number of likely N-dealkylation sites (N-methyl/N-ethyl adjacent to an activating group) is 3. The average molecular weight is 1020 g/mol. The van der Waals surface area contributed by atoms with Crippen LogP contribution >= 0.6 is 11.6 Å². The van der Waals surface area contributed by atoms with Gasteiger partial charge in [-0.2, -0.15) is 13.2 Å². The SMILES string of the molecule is CCCN[C@@H](Cc1ccc(C)cc1)C(=O)N(CC)CC(=O)N[C@@H](CCc1ccc(C(F)(F)F)c(Cl)c1)C(=O)N1CCC[C@H]1C(=O)NC1(C(=O)N(C)[C@H](C(=O)N(C)CCC(=O)OC)C2CCCC2)CCCC1. The fourth-order valence-electron chi connectivity index (χ4n) is 10.3. The number of esters is 1. The second kappa shape index (κ2) is 25.9. The van der Waals surface area contributed by atoms with Crippen molar-refractivity contribution in [3.8, 4) is 0 Å². The van der Waals surface area contributed by atoms with Gasteiger partial charge in [-0.25, -0.2) is 0 Å². The normalized spacial score (nSPS) is 18.1. The largest absolute Gasteiger partial charge is 0.469 e. The van der Waals surface area contributed by atoms with Crippen molar-refractivity contribution in [1.82, 2.24) is 35.6 Å². The molecule has 0 unspecified atom stereocenters. The number of hydrogen-bond donors (Lipinski definition) is 3. The molecular formula is C52H73ClF3N7O8. The number of amides is 6. The van der Waals surface area contributed by atoms with E-state index in [1.54, 1.807) is 21.0 Å². The monoisotopic (exact) mass is 1020 g/mol. The van der Waals surface area contributed by atoms with E-state index in [1.165, 1.54) is 38.8 Å². The van der Waals surface area contributed by atoms with Crippen LogP contribution in [0.15, 0.2) is 42.5 Å². The summed E-state index contributed by atoms with van der Waals surface area (Å²) in [5.41, 5.74) is 0.0182. The smallest absolute Gasteiger partial charge is 0.417 e. The van der Waals surface area contributed by atoms with Gasteiger partial charge in [0.15, 0.2) is 0 Å². The zero-order valence-corrected chi connectivity index (χ0v) is 42.9. The molecular weight excluding hydrogens is 943 g/mol. The molecule has 2 aliphatic carbocycles. The number of nitrogens with one attached hydrogen (secondary N) is 3. The van der Waals surface area contributed by atoms with Gasteiger partial charge in [-0.1, -0.05) is 80.1 Å². The van der Waals surface area contributed by atoms with Crippen molar-refractivity contribution >= 4 is 53.0 Å². The fraction of sp³-hybridized carbons (Fsp3) is 0.635. The van der Waals surface area contributed by atoms with E-state index in [1.807, 2.05) is 38.1 Å². The number of alkyl halides is 3. The molecule has 0 aromatic heterocycles. The molecule has 392 valence electrons. The van der Waals surface area contributed by atoms with E-state index in [0.29, 0.717) is 50.6 Å². The number of carbonyl (C=O) groups excluding carboxylic acids is 7. The molecule has 3 aliphatic rings. The standard InChI is InChI=1S/C52H73ClF3N7O8/c1-7-28-57-41(32-36-19-17-34(3)18-20-36)47(67)62(8-2)33-43(64)58-40(24-22-35-21-23-38(39(53)31-35)52(54,55)56)48(68)63-29-13-16-42(63)46(66)59-51(26-11-12-27-51)50(70)61(5)45(37-14-9-10-15-37)49(69)60(4)30-25-44(65)71-6/h17-21,23,31,37,40-42,45,57H,7-16,22,24-30,32-33H2,1-6H3,(H,58,64)(H,59,66)/t40-,41-,42-,45-/m0/s1. The maximum atomic E-state index is 14.8. The predicted octanol–water partition coefficient (Wildman–Crippen LogP) is 6.00. The summed E-state index contributed by atoms with van der Waals surface area (Å²) in [6, 6.07) is 7.37. The third-order valence-corrected chi connectivity index (χ3v) is 14.7. The predicted molar refractivity (Wildman–Crippen MR) is 263 cm³/mol. The van der Waals surface area contributed by atoms with E-state index < -0.39 is 82.6 Å². The number of halogens is 4. The van der Waals surface area contributed by atoms with Crippen molar-refractivity contribution in [2.75, 3.05) is 53.9 Å². The molecule has 3 fully saturated rings. The quantitative estimate of drug-likeness (QED) is 0.113. The van der Waals surface area contributed by atoms with Gasteiger partial charge < -0.3 is 40.3 Å². The summed E-state index contributed by atoms with van der Waals surface area (Å²) in [4.78, 5) is 104. The zero-order chi connectivity index (χ0) is 52.0. The Bertz CT molecular complexity index is 2180. The lowest BCUT2D eigenvalue weighted by Crippen LogP contribution is -2.64. The van der Waals surface area contributed by atoms with Crippen LogP contribution in [0.4, 0.5) is 13.2 Å². The van der Waals surface area contributed by atoms with Gasteiger partial charge in [-0.15, -0.1) is 0 Å². The van der Waals surface area contributed by atoms with Crippen LogP contribution in [-0.4, -0.2) is 145 Å². The third kappa shape index (κ3) is 14.9. The number of benzene rings is 2. The van der Waals surface area contributed by atoms with Crippen LogP contribution in [0, 0.1) is 12.8 Å². The molecule has 3 N–H and O–H groups in total. The van der Waals surface area contributed by atoms with Gasteiger partial charge in [0.25, 0.3) is 0 Å². The molecule has 5 rings (SSSR count). The molecule has 15 nitrogen and oxygen atoms in total. The van der Waals surface area contributed by atoms with Gasteiger partial charge in [-0.3, -0.25) is 33.6 Å². The minimum Gasteiger partial charge on any atom is -0.469 e. The van der Waals surface area contributed by atoms with Crippen LogP contribution in [0.5, 0.6) is 0 Å². The van der Waals surface area contributed by atoms with E-state index in [4.69, 9.17) is 16.3 Å². The average Bonchev–Trinajstić information content (AvgIpc) is 4.16. The second-order valence-electron chi connectivity index (χ2n) is 19.5. The Labute approximate surface area is 421 Å². The number of nitrogens with zero attached hydrogens (tertiary/aromatic N) is 4. The minimum atomic E-state index is -4.68. The van der Waals surface area contributed by atoms with Crippen molar-refractivity contribution in [2.24, 2.45) is 5.92 Å². The maximum absolute atomic E-state index is 14.8. The molecule has 71 heavy (non-hydrogen) atoms. The Balaban J connectivity index is 1.37. The summed E-state index contributed by atoms with van der Waals surface area (Å²) in [5, 5.41) is 8.66. The van der Waals surface area contributed by atoms with Crippen molar-refractivity contribution in [3.05, 3.63) is 69.7 Å². The second-order valence-corrected chi connectivity index (χ2v) is 19.9. The molecule has 2 aromatic carbocycles. The number of carbonyl (C=O) groups is 7. The molecule has 2 saturated carbocycles. The minimum absolute atomic E-state index is 0.0125. The number of aryl methyl sites for hydroxylation is 2. The van der Waals surface area contributed by atoms with Gasteiger partial charge in [0.05, 0.1) is 36.7 Å². The highest BCUT2D eigenvalue weighted by Gasteiger charge is 2.50. The first-order valence-corrected chi connectivity index (χ1v) is 25.6. The highest BCUT2D eigenvalue weighted by atomic mass is 35.5. The molecule has 19 heteroatoms. The molecule has 1 aliphatic heterocycles. The van der Waals surface area contributed by atoms with E-state index in [9.17, 15) is 46.7 Å². The first kappa shape index (κ1) is 56.7. The van der Waals surface area contributed by atoms with Crippen LogP contribution in [0.2, 0.25) is 5.02 Å². The summed E-state index contributed by atoms with van der Waals surface area (Å²) in [6.07, 6.45) is 2.24. The lowest BCUT2D eigenvalue weighted by molar-refractivity contribution is -0.152. The molecule has 2 aromatic rings. The first-order chi connectivity index (χ1) is 33.7. The van der Waals surface area contributed by atoms with Gasteiger partial charge in [0.1, 0.15) is 23.7 Å². The topological polar surface area (TPSA) is 178 Å². The number of methoxy groups -OCH3 is 1. The van der Waals surface area contributed by atoms with E-state index in [2.05, 4.69) is 16.0 Å². The summed E-state index contributed by atoms with van der Waals surface area (Å²) in [5.74, 6) is -3.42. The number of ether oxygens (including phenoxy) is 1. The third-order valence-electron chi connectivity index (χ3n) is 14.4. The van der Waals surface area contributed by atoms with Crippen LogP contribution in [0.25, 0.3) is 0 Å². The van der Waals surface area contributed by atoms with Crippen molar-refractivity contribution in [2.45, 2.75) is 153 Å².